The van der Waals surface area contributed by atoms with Gasteiger partial charge in [-0.25, -0.2) is 9.29 Å². The molecule has 16 heavy (non-hydrogen) atoms. The lowest BCUT2D eigenvalue weighted by Crippen LogP contribution is -2.30. The van der Waals surface area contributed by atoms with Gasteiger partial charge in [0.15, 0.2) is 5.58 Å². The van der Waals surface area contributed by atoms with E-state index in [0.29, 0.717) is 5.22 Å². The monoisotopic (exact) mass is 236 g/mol. The van der Waals surface area contributed by atoms with Crippen LogP contribution >= 0.6 is 11.9 Å². The first-order valence-electron chi connectivity index (χ1n) is 5.28. The van der Waals surface area contributed by atoms with Gasteiger partial charge in [-0.05, 0) is 12.1 Å². The highest BCUT2D eigenvalue weighted by molar-refractivity contribution is 7.96. The van der Waals surface area contributed by atoms with Gasteiger partial charge in [-0.1, -0.05) is 12.1 Å². The van der Waals surface area contributed by atoms with E-state index in [2.05, 4.69) is 9.29 Å². The Labute approximate surface area is 97.7 Å². The second-order valence-electron chi connectivity index (χ2n) is 3.58. The van der Waals surface area contributed by atoms with E-state index in [-0.39, 0.29) is 0 Å². The summed E-state index contributed by atoms with van der Waals surface area (Å²) in [6.07, 6.45) is 0. The number of morpholine rings is 1. The lowest BCUT2D eigenvalue weighted by molar-refractivity contribution is 0.0769. The Hall–Kier alpha value is -1.04. The molecule has 0 bridgehead atoms. The average Bonchev–Trinajstić information content (AvgIpc) is 2.72. The van der Waals surface area contributed by atoms with Gasteiger partial charge in [-0.3, -0.25) is 0 Å². The van der Waals surface area contributed by atoms with Crippen molar-refractivity contribution >= 4 is 23.0 Å². The van der Waals surface area contributed by atoms with E-state index in [4.69, 9.17) is 9.15 Å². The van der Waals surface area contributed by atoms with Crippen LogP contribution < -0.4 is 0 Å². The molecule has 0 amide bonds. The van der Waals surface area contributed by atoms with Gasteiger partial charge in [0, 0.05) is 25.0 Å². The van der Waals surface area contributed by atoms with E-state index in [0.717, 1.165) is 37.4 Å². The molecule has 0 saturated carbocycles. The fourth-order valence-corrected chi connectivity index (χ4v) is 2.46. The standard InChI is InChI=1S/C11H12N2O2S/c1-2-4-10-9(3-1)12-11(15-10)16-13-5-7-14-8-6-13/h1-4H,5-8H2. The maximum atomic E-state index is 5.64. The molecule has 0 unspecified atom stereocenters. The molecule has 1 aliphatic rings. The average molecular weight is 236 g/mol. The second-order valence-corrected chi connectivity index (χ2v) is 4.63. The molecule has 5 heteroatoms. The highest BCUT2D eigenvalue weighted by Gasteiger charge is 2.15. The predicted molar refractivity (Wildman–Crippen MR) is 62.3 cm³/mol. The normalized spacial score (nSPS) is 18.0. The van der Waals surface area contributed by atoms with E-state index in [1.54, 1.807) is 11.9 Å². The largest absolute Gasteiger partial charge is 0.430 e. The highest BCUT2D eigenvalue weighted by atomic mass is 32.2. The molecule has 2 heterocycles. The van der Waals surface area contributed by atoms with Gasteiger partial charge in [0.05, 0.1) is 13.2 Å². The first kappa shape index (κ1) is 10.1. The van der Waals surface area contributed by atoms with Crippen LogP contribution in [0.2, 0.25) is 0 Å². The molecular formula is C11H12N2O2S. The van der Waals surface area contributed by atoms with Crippen molar-refractivity contribution in [3.05, 3.63) is 24.3 Å². The third kappa shape index (κ3) is 2.07. The lowest BCUT2D eigenvalue weighted by atomic mass is 10.3. The molecule has 84 valence electrons. The van der Waals surface area contributed by atoms with Crippen LogP contribution in [0.25, 0.3) is 11.1 Å². The Morgan fingerprint density at radius 1 is 1.19 bits per heavy atom. The quantitative estimate of drug-likeness (QED) is 0.747. The van der Waals surface area contributed by atoms with Crippen molar-refractivity contribution in [1.29, 1.82) is 0 Å². The summed E-state index contributed by atoms with van der Waals surface area (Å²) in [5.41, 5.74) is 1.76. The van der Waals surface area contributed by atoms with Crippen molar-refractivity contribution in [3.8, 4) is 0 Å². The molecule has 0 aliphatic carbocycles. The van der Waals surface area contributed by atoms with Gasteiger partial charge in [0.1, 0.15) is 5.52 Å². The van der Waals surface area contributed by atoms with Crippen molar-refractivity contribution in [2.45, 2.75) is 5.22 Å². The summed E-state index contributed by atoms with van der Waals surface area (Å²) in [7, 11) is 0. The number of hydrogen-bond acceptors (Lipinski definition) is 5. The van der Waals surface area contributed by atoms with Gasteiger partial charge in [-0.15, -0.1) is 0 Å². The Morgan fingerprint density at radius 3 is 2.81 bits per heavy atom. The summed E-state index contributed by atoms with van der Waals surface area (Å²) in [5.74, 6) is 0. The van der Waals surface area contributed by atoms with Gasteiger partial charge < -0.3 is 9.15 Å². The molecule has 0 spiro atoms. The Kier molecular flexibility index (Phi) is 2.82. The molecule has 3 rings (SSSR count). The number of nitrogens with zero attached hydrogens (tertiary/aromatic N) is 2. The number of hydrogen-bond donors (Lipinski definition) is 0. The van der Waals surface area contributed by atoms with Crippen molar-refractivity contribution < 1.29 is 9.15 Å². The van der Waals surface area contributed by atoms with E-state index >= 15 is 0 Å². The molecule has 1 aliphatic heterocycles. The summed E-state index contributed by atoms with van der Waals surface area (Å²) in [6.45, 7) is 3.41. The third-order valence-corrected chi connectivity index (χ3v) is 3.41. The third-order valence-electron chi connectivity index (χ3n) is 2.45. The van der Waals surface area contributed by atoms with Crippen LogP contribution in [0.3, 0.4) is 0 Å². The van der Waals surface area contributed by atoms with Gasteiger partial charge >= 0.3 is 0 Å². The van der Waals surface area contributed by atoms with Crippen molar-refractivity contribution in [3.63, 3.8) is 0 Å². The molecule has 0 N–H and O–H groups in total. The van der Waals surface area contributed by atoms with Gasteiger partial charge in [-0.2, -0.15) is 0 Å². The van der Waals surface area contributed by atoms with Crippen molar-refractivity contribution in [1.82, 2.24) is 9.29 Å². The highest BCUT2D eigenvalue weighted by Crippen LogP contribution is 2.26. The number of fused-ring (bicyclic) bond motifs is 1. The molecule has 0 atom stereocenters. The summed E-state index contributed by atoms with van der Waals surface area (Å²) in [5, 5.41) is 0.711. The fraction of sp³-hybridized carbons (Fsp3) is 0.364. The number of rotatable bonds is 2. The van der Waals surface area contributed by atoms with Crippen molar-refractivity contribution in [2.24, 2.45) is 0 Å². The summed E-state index contributed by atoms with van der Waals surface area (Å²) < 4.78 is 13.1. The molecule has 1 fully saturated rings. The summed E-state index contributed by atoms with van der Waals surface area (Å²) in [4.78, 5) is 4.42. The lowest BCUT2D eigenvalue weighted by Gasteiger charge is -2.23. The second kappa shape index (κ2) is 4.45. The number of para-hydroxylation sites is 2. The van der Waals surface area contributed by atoms with Crippen LogP contribution in [0.4, 0.5) is 0 Å². The molecular weight excluding hydrogens is 224 g/mol. The predicted octanol–water partition coefficient (Wildman–Crippen LogP) is 2.17. The molecule has 1 aromatic carbocycles. The Morgan fingerprint density at radius 2 is 2.00 bits per heavy atom. The minimum absolute atomic E-state index is 0.711. The van der Waals surface area contributed by atoms with Crippen LogP contribution in [0.1, 0.15) is 0 Å². The number of oxazole rings is 1. The van der Waals surface area contributed by atoms with E-state index in [1.807, 2.05) is 24.3 Å². The van der Waals surface area contributed by atoms with Crippen LogP contribution in [-0.2, 0) is 4.74 Å². The van der Waals surface area contributed by atoms with Crippen LogP contribution in [-0.4, -0.2) is 35.6 Å². The molecule has 2 aromatic rings. The fourth-order valence-electron chi connectivity index (χ4n) is 1.64. The van der Waals surface area contributed by atoms with E-state index < -0.39 is 0 Å². The topological polar surface area (TPSA) is 38.5 Å². The van der Waals surface area contributed by atoms with Crippen LogP contribution in [0.15, 0.2) is 33.9 Å². The molecule has 4 nitrogen and oxygen atoms in total. The first-order chi connectivity index (χ1) is 7.92. The maximum absolute atomic E-state index is 5.64. The molecule has 1 aromatic heterocycles. The smallest absolute Gasteiger partial charge is 0.272 e. The summed E-state index contributed by atoms with van der Waals surface area (Å²) >= 11 is 1.57. The Balaban J connectivity index is 1.78. The van der Waals surface area contributed by atoms with Gasteiger partial charge in [0.2, 0.25) is 0 Å². The first-order valence-corrected chi connectivity index (χ1v) is 6.05. The zero-order chi connectivity index (χ0) is 10.8. The minimum atomic E-state index is 0.711. The number of ether oxygens (including phenoxy) is 1. The van der Waals surface area contributed by atoms with Crippen LogP contribution in [0.5, 0.6) is 0 Å². The minimum Gasteiger partial charge on any atom is -0.430 e. The maximum Gasteiger partial charge on any atom is 0.272 e. The Bertz CT molecular complexity index is 447. The van der Waals surface area contributed by atoms with Crippen molar-refractivity contribution in [2.75, 3.05) is 26.3 Å². The van der Waals surface area contributed by atoms with Crippen LogP contribution in [0, 0.1) is 0 Å². The number of benzene rings is 1. The molecule has 0 radical (unpaired) electrons. The van der Waals surface area contributed by atoms with E-state index in [9.17, 15) is 0 Å². The number of aromatic nitrogens is 1. The zero-order valence-corrected chi connectivity index (χ0v) is 9.57. The SMILES string of the molecule is c1ccc2oc(SN3CCOCC3)nc2c1. The molecule has 1 saturated heterocycles. The zero-order valence-electron chi connectivity index (χ0n) is 8.76. The van der Waals surface area contributed by atoms with E-state index in [1.165, 1.54) is 0 Å². The summed E-state index contributed by atoms with van der Waals surface area (Å²) in [6, 6.07) is 7.82. The van der Waals surface area contributed by atoms with Gasteiger partial charge in [0.25, 0.3) is 5.22 Å².